The van der Waals surface area contributed by atoms with Gasteiger partial charge < -0.3 is 26.8 Å². The van der Waals surface area contributed by atoms with Crippen molar-refractivity contribution in [2.45, 2.75) is 12.8 Å². The molecule has 0 aromatic heterocycles. The zero-order valence-corrected chi connectivity index (χ0v) is 12.0. The highest BCUT2D eigenvalue weighted by molar-refractivity contribution is 4.77. The Labute approximate surface area is 116 Å². The van der Waals surface area contributed by atoms with Gasteiger partial charge in [0.25, 0.3) is 0 Å². The van der Waals surface area contributed by atoms with E-state index in [1.807, 2.05) is 6.92 Å². The topological polar surface area (TPSA) is 97.6 Å². The van der Waals surface area contributed by atoms with Gasteiger partial charge in [0.2, 0.25) is 0 Å². The van der Waals surface area contributed by atoms with Crippen LogP contribution in [0.2, 0.25) is 0 Å². The molecule has 0 aliphatic carbocycles. The monoisotopic (exact) mass is 274 g/mol. The first-order valence-corrected chi connectivity index (χ1v) is 7.21. The van der Waals surface area contributed by atoms with Gasteiger partial charge in [0, 0.05) is 65.4 Å². The molecule has 0 radical (unpaired) electrons. The predicted molar refractivity (Wildman–Crippen MR) is 77.9 cm³/mol. The SMILES string of the molecule is CC(O)(NCCNCCNCCN)N1CCNCC1. The molecule has 1 heterocycles. The molecule has 1 atom stereocenters. The van der Waals surface area contributed by atoms with Crippen molar-refractivity contribution in [3.63, 3.8) is 0 Å². The molecule has 0 bridgehead atoms. The van der Waals surface area contributed by atoms with Crippen LogP contribution in [0.1, 0.15) is 6.92 Å². The number of nitrogens with one attached hydrogen (secondary N) is 4. The van der Waals surface area contributed by atoms with E-state index in [0.717, 1.165) is 58.9 Å². The number of nitrogens with zero attached hydrogens (tertiary/aromatic N) is 1. The van der Waals surface area contributed by atoms with E-state index < -0.39 is 5.85 Å². The van der Waals surface area contributed by atoms with Crippen molar-refractivity contribution in [3.8, 4) is 0 Å². The van der Waals surface area contributed by atoms with E-state index in [9.17, 15) is 5.11 Å². The van der Waals surface area contributed by atoms with Crippen LogP contribution in [0.5, 0.6) is 0 Å². The Hall–Kier alpha value is -0.280. The summed E-state index contributed by atoms with van der Waals surface area (Å²) in [5.41, 5.74) is 5.38. The summed E-state index contributed by atoms with van der Waals surface area (Å²) in [6.07, 6.45) is 0. The molecule has 1 unspecified atom stereocenters. The van der Waals surface area contributed by atoms with Gasteiger partial charge in [-0.15, -0.1) is 0 Å². The lowest BCUT2D eigenvalue weighted by molar-refractivity contribution is -0.123. The third-order valence-corrected chi connectivity index (χ3v) is 3.29. The Morgan fingerprint density at radius 3 is 2.32 bits per heavy atom. The summed E-state index contributed by atoms with van der Waals surface area (Å²) >= 11 is 0. The summed E-state index contributed by atoms with van der Waals surface area (Å²) < 4.78 is 0. The molecule has 0 amide bonds. The van der Waals surface area contributed by atoms with E-state index in [-0.39, 0.29) is 0 Å². The number of nitrogens with two attached hydrogens (primary N) is 1. The van der Waals surface area contributed by atoms with Gasteiger partial charge in [0.15, 0.2) is 5.85 Å². The molecule has 0 spiro atoms. The molecule has 0 saturated carbocycles. The van der Waals surface area contributed by atoms with E-state index >= 15 is 0 Å². The average Bonchev–Trinajstić information content (AvgIpc) is 2.43. The number of aliphatic hydroxyl groups is 1. The van der Waals surface area contributed by atoms with Gasteiger partial charge in [-0.05, 0) is 6.92 Å². The number of hydrogen-bond donors (Lipinski definition) is 6. The molecule has 1 rings (SSSR count). The minimum Gasteiger partial charge on any atom is -0.363 e. The summed E-state index contributed by atoms with van der Waals surface area (Å²) in [5.74, 6) is -0.915. The molecule has 1 saturated heterocycles. The second-order valence-electron chi connectivity index (χ2n) is 4.97. The van der Waals surface area contributed by atoms with Crippen molar-refractivity contribution in [3.05, 3.63) is 0 Å². The minimum atomic E-state index is -0.915. The van der Waals surface area contributed by atoms with Crippen LogP contribution in [-0.4, -0.2) is 81.3 Å². The molecular weight excluding hydrogens is 244 g/mol. The van der Waals surface area contributed by atoms with Crippen LogP contribution in [0, 0.1) is 0 Å². The second-order valence-corrected chi connectivity index (χ2v) is 4.97. The molecule has 19 heavy (non-hydrogen) atoms. The molecule has 114 valence electrons. The van der Waals surface area contributed by atoms with E-state index in [4.69, 9.17) is 5.73 Å². The van der Waals surface area contributed by atoms with Crippen LogP contribution >= 0.6 is 0 Å². The van der Waals surface area contributed by atoms with E-state index in [1.54, 1.807) is 0 Å². The van der Waals surface area contributed by atoms with Crippen molar-refractivity contribution in [2.75, 3.05) is 65.4 Å². The summed E-state index contributed by atoms with van der Waals surface area (Å²) in [6, 6.07) is 0. The van der Waals surface area contributed by atoms with Crippen molar-refractivity contribution in [2.24, 2.45) is 5.73 Å². The van der Waals surface area contributed by atoms with Gasteiger partial charge in [-0.2, -0.15) is 0 Å². The van der Waals surface area contributed by atoms with Crippen molar-refractivity contribution >= 4 is 0 Å². The number of rotatable bonds is 10. The third-order valence-electron chi connectivity index (χ3n) is 3.29. The normalized spacial score (nSPS) is 20.4. The standard InChI is InChI=1S/C12H30N6O/c1-12(19,18-10-8-16-9-11-18)17-7-6-15-5-4-14-3-2-13/h14-17,19H,2-11,13H2,1H3. The van der Waals surface area contributed by atoms with E-state index in [0.29, 0.717) is 6.54 Å². The summed E-state index contributed by atoms with van der Waals surface area (Å²) in [7, 11) is 0. The minimum absolute atomic E-state index is 0.676. The Morgan fingerprint density at radius 1 is 1.11 bits per heavy atom. The van der Waals surface area contributed by atoms with Gasteiger partial charge in [0.05, 0.1) is 0 Å². The van der Waals surface area contributed by atoms with Crippen molar-refractivity contribution < 1.29 is 5.11 Å². The maximum atomic E-state index is 10.3. The summed E-state index contributed by atoms with van der Waals surface area (Å²) in [6.45, 7) is 10.4. The fraction of sp³-hybridized carbons (Fsp3) is 1.00. The van der Waals surface area contributed by atoms with Gasteiger partial charge in [-0.1, -0.05) is 0 Å². The fourth-order valence-corrected chi connectivity index (χ4v) is 2.13. The quantitative estimate of drug-likeness (QED) is 0.190. The zero-order chi connectivity index (χ0) is 14.0. The highest BCUT2D eigenvalue weighted by Crippen LogP contribution is 2.07. The highest BCUT2D eigenvalue weighted by atomic mass is 16.3. The van der Waals surface area contributed by atoms with Gasteiger partial charge >= 0.3 is 0 Å². The average molecular weight is 274 g/mol. The Bertz CT molecular complexity index is 220. The van der Waals surface area contributed by atoms with Gasteiger partial charge in [-0.3, -0.25) is 10.2 Å². The highest BCUT2D eigenvalue weighted by Gasteiger charge is 2.28. The largest absolute Gasteiger partial charge is 0.363 e. The first-order chi connectivity index (χ1) is 9.17. The molecule has 0 aromatic carbocycles. The third kappa shape index (κ3) is 7.17. The number of hydrogen-bond acceptors (Lipinski definition) is 7. The molecule has 7 nitrogen and oxygen atoms in total. The molecular formula is C12H30N6O. The second kappa shape index (κ2) is 9.60. The maximum Gasteiger partial charge on any atom is 0.171 e. The predicted octanol–water partition coefficient (Wildman–Crippen LogP) is -2.71. The zero-order valence-electron chi connectivity index (χ0n) is 12.0. The molecule has 1 aliphatic heterocycles. The van der Waals surface area contributed by atoms with Crippen molar-refractivity contribution in [1.82, 2.24) is 26.2 Å². The number of piperazine rings is 1. The summed E-state index contributed by atoms with van der Waals surface area (Å²) in [4.78, 5) is 2.06. The lowest BCUT2D eigenvalue weighted by Gasteiger charge is -2.40. The van der Waals surface area contributed by atoms with Crippen LogP contribution in [0.4, 0.5) is 0 Å². The molecule has 7 N–H and O–H groups in total. The smallest absolute Gasteiger partial charge is 0.171 e. The molecule has 0 aromatic rings. The van der Waals surface area contributed by atoms with Crippen LogP contribution in [0.3, 0.4) is 0 Å². The first kappa shape index (κ1) is 16.8. The molecule has 1 aliphatic rings. The first-order valence-electron chi connectivity index (χ1n) is 7.21. The van der Waals surface area contributed by atoms with Crippen LogP contribution in [-0.2, 0) is 0 Å². The van der Waals surface area contributed by atoms with Gasteiger partial charge in [-0.25, -0.2) is 0 Å². The maximum absolute atomic E-state index is 10.3. The Morgan fingerprint density at radius 2 is 1.68 bits per heavy atom. The van der Waals surface area contributed by atoms with Crippen LogP contribution < -0.4 is 27.0 Å². The molecule has 1 fully saturated rings. The lowest BCUT2D eigenvalue weighted by atomic mass is 10.3. The van der Waals surface area contributed by atoms with Gasteiger partial charge in [0.1, 0.15) is 0 Å². The van der Waals surface area contributed by atoms with Crippen LogP contribution in [0.15, 0.2) is 0 Å². The Kier molecular flexibility index (Phi) is 8.47. The van der Waals surface area contributed by atoms with E-state index in [1.165, 1.54) is 0 Å². The lowest BCUT2D eigenvalue weighted by Crippen LogP contribution is -2.62. The van der Waals surface area contributed by atoms with E-state index in [2.05, 4.69) is 26.2 Å². The fourth-order valence-electron chi connectivity index (χ4n) is 2.13. The van der Waals surface area contributed by atoms with Crippen LogP contribution in [0.25, 0.3) is 0 Å². The molecule has 7 heteroatoms. The Balaban J connectivity index is 2.00. The summed E-state index contributed by atoms with van der Waals surface area (Å²) in [5, 5.41) is 23.3. The van der Waals surface area contributed by atoms with Crippen molar-refractivity contribution in [1.29, 1.82) is 0 Å².